The SMILES string of the molecule is NCCCc1coc(-c2cccc(Cl)c2)n1. The van der Waals surface area contributed by atoms with Crippen molar-refractivity contribution >= 4 is 11.6 Å². The topological polar surface area (TPSA) is 52.0 Å². The van der Waals surface area contributed by atoms with Crippen molar-refractivity contribution in [3.05, 3.63) is 41.2 Å². The molecule has 4 heteroatoms. The number of hydrogen-bond donors (Lipinski definition) is 1. The molecule has 0 aliphatic rings. The summed E-state index contributed by atoms with van der Waals surface area (Å²) in [4.78, 5) is 4.38. The van der Waals surface area contributed by atoms with Gasteiger partial charge in [-0.1, -0.05) is 17.7 Å². The highest BCUT2D eigenvalue weighted by Gasteiger charge is 2.06. The van der Waals surface area contributed by atoms with E-state index in [-0.39, 0.29) is 0 Å². The third-order valence-electron chi connectivity index (χ3n) is 2.26. The molecule has 84 valence electrons. The molecule has 0 aliphatic heterocycles. The van der Waals surface area contributed by atoms with E-state index in [0.29, 0.717) is 17.5 Å². The summed E-state index contributed by atoms with van der Waals surface area (Å²) in [6.45, 7) is 0.666. The van der Waals surface area contributed by atoms with Gasteiger partial charge in [-0.3, -0.25) is 0 Å². The third kappa shape index (κ3) is 2.62. The minimum absolute atomic E-state index is 0.606. The predicted octanol–water partition coefficient (Wildman–Crippen LogP) is 2.89. The van der Waals surface area contributed by atoms with Crippen molar-refractivity contribution in [2.45, 2.75) is 12.8 Å². The molecule has 0 aliphatic carbocycles. The zero-order chi connectivity index (χ0) is 11.4. The Bertz CT molecular complexity index is 468. The molecule has 3 nitrogen and oxygen atoms in total. The first-order chi connectivity index (χ1) is 7.79. The Labute approximate surface area is 99.2 Å². The fraction of sp³-hybridized carbons (Fsp3) is 0.250. The normalized spacial score (nSPS) is 10.6. The molecule has 0 saturated heterocycles. The van der Waals surface area contributed by atoms with E-state index in [2.05, 4.69) is 4.98 Å². The second kappa shape index (κ2) is 5.14. The summed E-state index contributed by atoms with van der Waals surface area (Å²) in [6, 6.07) is 7.45. The van der Waals surface area contributed by atoms with E-state index in [9.17, 15) is 0 Å². The maximum atomic E-state index is 5.90. The Kier molecular flexibility index (Phi) is 3.59. The maximum absolute atomic E-state index is 5.90. The van der Waals surface area contributed by atoms with Gasteiger partial charge in [0.05, 0.1) is 5.69 Å². The van der Waals surface area contributed by atoms with Gasteiger partial charge in [-0.25, -0.2) is 4.98 Å². The highest BCUT2D eigenvalue weighted by molar-refractivity contribution is 6.30. The Balaban J connectivity index is 2.18. The second-order valence-electron chi connectivity index (χ2n) is 3.55. The van der Waals surface area contributed by atoms with Gasteiger partial charge in [-0.2, -0.15) is 0 Å². The van der Waals surface area contributed by atoms with Gasteiger partial charge < -0.3 is 10.2 Å². The van der Waals surface area contributed by atoms with Crippen molar-refractivity contribution in [3.63, 3.8) is 0 Å². The first kappa shape index (κ1) is 11.2. The minimum atomic E-state index is 0.606. The van der Waals surface area contributed by atoms with Crippen LogP contribution in [0.15, 0.2) is 34.9 Å². The molecular formula is C12H13ClN2O. The minimum Gasteiger partial charge on any atom is -0.444 e. The van der Waals surface area contributed by atoms with Crippen LogP contribution in [-0.2, 0) is 6.42 Å². The summed E-state index contributed by atoms with van der Waals surface area (Å²) in [5.74, 6) is 0.606. The molecule has 0 amide bonds. The summed E-state index contributed by atoms with van der Waals surface area (Å²) >= 11 is 5.90. The number of nitrogens with two attached hydrogens (primary N) is 1. The number of oxazole rings is 1. The van der Waals surface area contributed by atoms with E-state index < -0.39 is 0 Å². The second-order valence-corrected chi connectivity index (χ2v) is 3.98. The quantitative estimate of drug-likeness (QED) is 0.888. The van der Waals surface area contributed by atoms with Gasteiger partial charge in [0.1, 0.15) is 6.26 Å². The standard InChI is InChI=1S/C12H13ClN2O/c13-10-4-1-3-9(7-10)12-15-11(8-16-12)5-2-6-14/h1,3-4,7-8H,2,5-6,14H2. The first-order valence-electron chi connectivity index (χ1n) is 5.20. The lowest BCUT2D eigenvalue weighted by Gasteiger charge is -1.95. The van der Waals surface area contributed by atoms with E-state index in [4.69, 9.17) is 21.8 Å². The molecule has 2 N–H and O–H groups in total. The number of halogens is 1. The predicted molar refractivity (Wildman–Crippen MR) is 64.3 cm³/mol. The molecule has 0 saturated carbocycles. The van der Waals surface area contributed by atoms with Gasteiger partial charge in [-0.05, 0) is 37.6 Å². The molecule has 0 spiro atoms. The molecule has 0 atom stereocenters. The van der Waals surface area contributed by atoms with Gasteiger partial charge in [0.25, 0.3) is 0 Å². The summed E-state index contributed by atoms with van der Waals surface area (Å²) in [7, 11) is 0. The molecule has 16 heavy (non-hydrogen) atoms. The number of aryl methyl sites for hydroxylation is 1. The van der Waals surface area contributed by atoms with Gasteiger partial charge >= 0.3 is 0 Å². The fourth-order valence-electron chi connectivity index (χ4n) is 1.46. The summed E-state index contributed by atoms with van der Waals surface area (Å²) in [6.07, 6.45) is 3.44. The molecule has 1 aromatic heterocycles. The van der Waals surface area contributed by atoms with E-state index in [0.717, 1.165) is 24.1 Å². The van der Waals surface area contributed by atoms with Gasteiger partial charge in [0, 0.05) is 10.6 Å². The van der Waals surface area contributed by atoms with Crippen LogP contribution >= 0.6 is 11.6 Å². The fourth-order valence-corrected chi connectivity index (χ4v) is 1.65. The Morgan fingerprint density at radius 3 is 3.00 bits per heavy atom. The van der Waals surface area contributed by atoms with Crippen molar-refractivity contribution in [2.24, 2.45) is 5.73 Å². The molecular weight excluding hydrogens is 224 g/mol. The van der Waals surface area contributed by atoms with Crippen LogP contribution in [0.1, 0.15) is 12.1 Å². The maximum Gasteiger partial charge on any atom is 0.226 e. The Morgan fingerprint density at radius 1 is 1.38 bits per heavy atom. The monoisotopic (exact) mass is 236 g/mol. The lowest BCUT2D eigenvalue weighted by atomic mass is 10.2. The largest absolute Gasteiger partial charge is 0.444 e. The van der Waals surface area contributed by atoms with Crippen molar-refractivity contribution in [2.75, 3.05) is 6.54 Å². The van der Waals surface area contributed by atoms with Crippen LogP contribution in [0.4, 0.5) is 0 Å². The van der Waals surface area contributed by atoms with Crippen molar-refractivity contribution in [3.8, 4) is 11.5 Å². The average Bonchev–Trinajstić information content (AvgIpc) is 2.75. The van der Waals surface area contributed by atoms with E-state index in [1.54, 1.807) is 6.26 Å². The lowest BCUT2D eigenvalue weighted by Crippen LogP contribution is -2.00. The molecule has 0 bridgehead atoms. The van der Waals surface area contributed by atoms with Crippen molar-refractivity contribution < 1.29 is 4.42 Å². The van der Waals surface area contributed by atoms with Crippen LogP contribution in [0, 0.1) is 0 Å². The zero-order valence-electron chi connectivity index (χ0n) is 8.82. The number of benzene rings is 1. The Hall–Kier alpha value is -1.32. The van der Waals surface area contributed by atoms with E-state index in [1.165, 1.54) is 0 Å². The number of hydrogen-bond acceptors (Lipinski definition) is 3. The molecule has 2 rings (SSSR count). The van der Waals surface area contributed by atoms with E-state index >= 15 is 0 Å². The molecule has 2 aromatic rings. The lowest BCUT2D eigenvalue weighted by molar-refractivity contribution is 0.572. The molecule has 0 unspecified atom stereocenters. The van der Waals surface area contributed by atoms with Crippen LogP contribution in [-0.4, -0.2) is 11.5 Å². The van der Waals surface area contributed by atoms with Crippen LogP contribution in [0.2, 0.25) is 5.02 Å². The number of aromatic nitrogens is 1. The first-order valence-corrected chi connectivity index (χ1v) is 5.58. The highest BCUT2D eigenvalue weighted by Crippen LogP contribution is 2.22. The van der Waals surface area contributed by atoms with E-state index in [1.807, 2.05) is 24.3 Å². The van der Waals surface area contributed by atoms with Crippen molar-refractivity contribution in [1.82, 2.24) is 4.98 Å². The zero-order valence-corrected chi connectivity index (χ0v) is 9.57. The smallest absolute Gasteiger partial charge is 0.226 e. The van der Waals surface area contributed by atoms with Gasteiger partial charge in [-0.15, -0.1) is 0 Å². The average molecular weight is 237 g/mol. The molecule has 1 heterocycles. The van der Waals surface area contributed by atoms with Gasteiger partial charge in [0.15, 0.2) is 0 Å². The number of rotatable bonds is 4. The summed E-state index contributed by atoms with van der Waals surface area (Å²) in [5, 5.41) is 0.680. The molecule has 1 aromatic carbocycles. The number of nitrogens with zero attached hydrogens (tertiary/aromatic N) is 1. The molecule has 0 fully saturated rings. The molecule has 0 radical (unpaired) electrons. The van der Waals surface area contributed by atoms with Crippen molar-refractivity contribution in [1.29, 1.82) is 0 Å². The van der Waals surface area contributed by atoms with Crippen LogP contribution in [0.3, 0.4) is 0 Å². The Morgan fingerprint density at radius 2 is 2.25 bits per heavy atom. The summed E-state index contributed by atoms with van der Waals surface area (Å²) < 4.78 is 5.39. The van der Waals surface area contributed by atoms with Crippen LogP contribution < -0.4 is 5.73 Å². The highest BCUT2D eigenvalue weighted by atomic mass is 35.5. The van der Waals surface area contributed by atoms with Gasteiger partial charge in [0.2, 0.25) is 5.89 Å². The third-order valence-corrected chi connectivity index (χ3v) is 2.50. The van der Waals surface area contributed by atoms with Crippen LogP contribution in [0.5, 0.6) is 0 Å². The summed E-state index contributed by atoms with van der Waals surface area (Å²) in [5.41, 5.74) is 7.26. The van der Waals surface area contributed by atoms with Crippen LogP contribution in [0.25, 0.3) is 11.5 Å².